The van der Waals surface area contributed by atoms with Gasteiger partial charge in [-0.1, -0.05) is 29.8 Å². The highest BCUT2D eigenvalue weighted by Gasteiger charge is 2.39. The van der Waals surface area contributed by atoms with Gasteiger partial charge in [0.25, 0.3) is 11.8 Å². The van der Waals surface area contributed by atoms with E-state index in [2.05, 4.69) is 15.3 Å². The van der Waals surface area contributed by atoms with Crippen molar-refractivity contribution in [1.82, 2.24) is 20.0 Å². The van der Waals surface area contributed by atoms with Crippen LogP contribution in [0.3, 0.4) is 0 Å². The number of imide groups is 1. The first kappa shape index (κ1) is 24.1. The minimum absolute atomic E-state index is 0.0155. The second-order valence-electron chi connectivity index (χ2n) is 9.40. The van der Waals surface area contributed by atoms with Crippen molar-refractivity contribution in [2.75, 3.05) is 18.0 Å². The number of carbonyl (C=O) groups excluding carboxylic acids is 3. The molecule has 1 atom stereocenters. The van der Waals surface area contributed by atoms with Gasteiger partial charge in [-0.05, 0) is 49.6 Å². The summed E-state index contributed by atoms with van der Waals surface area (Å²) in [7, 11) is 1.83. The van der Waals surface area contributed by atoms with Gasteiger partial charge in [-0.2, -0.15) is 5.10 Å². The van der Waals surface area contributed by atoms with Crippen LogP contribution in [0.25, 0.3) is 0 Å². The molecule has 0 bridgehead atoms. The van der Waals surface area contributed by atoms with Gasteiger partial charge in [0.2, 0.25) is 5.91 Å². The molecule has 1 N–H and O–H groups in total. The van der Waals surface area contributed by atoms with E-state index in [1.165, 1.54) is 4.90 Å². The number of nitrogens with one attached hydrogen (secondary N) is 1. The molecule has 0 spiro atoms. The summed E-state index contributed by atoms with van der Waals surface area (Å²) in [6.45, 7) is 3.74. The topological polar surface area (TPSA) is 87.5 Å². The van der Waals surface area contributed by atoms with Gasteiger partial charge in [-0.15, -0.1) is 0 Å². The van der Waals surface area contributed by atoms with E-state index in [9.17, 15) is 14.4 Å². The van der Waals surface area contributed by atoms with Crippen LogP contribution in [0.15, 0.2) is 48.7 Å². The van der Waals surface area contributed by atoms with Crippen LogP contribution in [0.1, 0.15) is 50.4 Å². The third kappa shape index (κ3) is 4.48. The Kier molecular flexibility index (Phi) is 6.53. The molecule has 1 saturated heterocycles. The Morgan fingerprint density at radius 3 is 2.64 bits per heavy atom. The second kappa shape index (κ2) is 9.78. The number of fused-ring (bicyclic) bond motifs is 1. The average molecular weight is 506 g/mol. The first-order valence-electron chi connectivity index (χ1n) is 12.1. The zero-order valence-corrected chi connectivity index (χ0v) is 21.1. The number of carbonyl (C=O) groups is 3. The summed E-state index contributed by atoms with van der Waals surface area (Å²) in [5, 5.41) is 7.91. The molecule has 2 aliphatic rings. The van der Waals surface area contributed by atoms with Crippen molar-refractivity contribution < 1.29 is 14.4 Å². The number of benzene rings is 2. The van der Waals surface area contributed by atoms with Gasteiger partial charge in [-0.25, -0.2) is 0 Å². The Hall–Kier alpha value is -3.65. The van der Waals surface area contributed by atoms with Crippen molar-refractivity contribution >= 4 is 35.0 Å². The lowest BCUT2D eigenvalue weighted by molar-refractivity contribution is -0.125. The number of piperidine rings is 1. The zero-order chi connectivity index (χ0) is 25.4. The fraction of sp³-hybridized carbons (Fsp3) is 0.333. The van der Waals surface area contributed by atoms with Crippen LogP contribution in [-0.4, -0.2) is 45.5 Å². The van der Waals surface area contributed by atoms with Crippen LogP contribution in [0.2, 0.25) is 5.02 Å². The van der Waals surface area contributed by atoms with Gasteiger partial charge in [0.05, 0.1) is 35.5 Å². The summed E-state index contributed by atoms with van der Waals surface area (Å²) in [6.07, 6.45) is 3.29. The zero-order valence-electron chi connectivity index (χ0n) is 20.3. The van der Waals surface area contributed by atoms with E-state index in [0.717, 1.165) is 36.2 Å². The van der Waals surface area contributed by atoms with Gasteiger partial charge in [0.15, 0.2) is 0 Å². The van der Waals surface area contributed by atoms with Crippen LogP contribution in [0.4, 0.5) is 5.69 Å². The second-order valence-corrected chi connectivity index (χ2v) is 9.84. The van der Waals surface area contributed by atoms with Crippen LogP contribution < -0.4 is 10.2 Å². The summed E-state index contributed by atoms with van der Waals surface area (Å²) in [5.41, 5.74) is 4.28. The highest BCUT2D eigenvalue weighted by Crippen LogP contribution is 2.35. The molecule has 0 radical (unpaired) electrons. The Balaban J connectivity index is 1.31. The number of aryl methyl sites for hydroxylation is 1. The van der Waals surface area contributed by atoms with E-state index >= 15 is 0 Å². The fourth-order valence-electron chi connectivity index (χ4n) is 4.94. The molecule has 2 aromatic carbocycles. The van der Waals surface area contributed by atoms with Crippen molar-refractivity contribution in [3.8, 4) is 0 Å². The summed E-state index contributed by atoms with van der Waals surface area (Å²) < 4.78 is 1.73. The lowest BCUT2D eigenvalue weighted by Gasteiger charge is -2.34. The van der Waals surface area contributed by atoms with Gasteiger partial charge in [0, 0.05) is 43.0 Å². The molecule has 36 heavy (non-hydrogen) atoms. The van der Waals surface area contributed by atoms with Crippen molar-refractivity contribution in [2.45, 2.75) is 32.9 Å². The first-order valence-corrected chi connectivity index (χ1v) is 12.4. The number of aromatic nitrogens is 2. The molecule has 1 fully saturated rings. The number of halogens is 1. The fourth-order valence-corrected chi connectivity index (χ4v) is 5.06. The molecule has 8 nitrogen and oxygen atoms in total. The maximum atomic E-state index is 13.5. The van der Waals surface area contributed by atoms with Gasteiger partial charge in [-0.3, -0.25) is 24.0 Å². The van der Waals surface area contributed by atoms with Crippen LogP contribution >= 0.6 is 11.6 Å². The van der Waals surface area contributed by atoms with Gasteiger partial charge in [0.1, 0.15) is 0 Å². The normalized spacial score (nSPS) is 17.5. The van der Waals surface area contributed by atoms with Gasteiger partial charge < -0.3 is 10.2 Å². The predicted molar refractivity (Wildman–Crippen MR) is 137 cm³/mol. The number of nitrogens with zero attached hydrogens (tertiary/aromatic N) is 4. The summed E-state index contributed by atoms with van der Waals surface area (Å²) in [4.78, 5) is 42.9. The quantitative estimate of drug-likeness (QED) is 0.516. The molecule has 1 aromatic heterocycles. The summed E-state index contributed by atoms with van der Waals surface area (Å²) in [6, 6.07) is 12.8. The number of hydrogen-bond acceptors (Lipinski definition) is 5. The van der Waals surface area contributed by atoms with Crippen LogP contribution in [0.5, 0.6) is 0 Å². The minimum Gasteiger partial charge on any atom is -0.370 e. The average Bonchev–Trinajstić information content (AvgIpc) is 3.34. The number of hydrogen-bond donors (Lipinski definition) is 1. The van der Waals surface area contributed by atoms with E-state index in [-0.39, 0.29) is 30.2 Å². The Morgan fingerprint density at radius 2 is 1.92 bits per heavy atom. The third-order valence-corrected chi connectivity index (χ3v) is 7.41. The smallest absolute Gasteiger partial charge is 0.263 e. The third-order valence-electron chi connectivity index (χ3n) is 7.16. The predicted octanol–water partition coefficient (Wildman–Crippen LogP) is 3.71. The number of anilines is 1. The van der Waals surface area contributed by atoms with Crippen LogP contribution in [0, 0.1) is 12.8 Å². The molecule has 3 amide bonds. The molecule has 0 aliphatic carbocycles. The highest BCUT2D eigenvalue weighted by atomic mass is 35.5. The lowest BCUT2D eigenvalue weighted by Crippen LogP contribution is -2.43. The number of amides is 3. The first-order chi connectivity index (χ1) is 17.3. The minimum atomic E-state index is -0.303. The standard InChI is InChI=1S/C27H28ClN5O3/c1-17-20(14-30-31(17)2)16-33-26(35)22-6-3-7-23(24(22)27(33)36)32-12-4-5-19(15-32)25(34)29-13-18-8-10-21(28)11-9-18/h3,6-11,14,19H,4-5,12-13,15-16H2,1-2H3,(H,29,34)/t19-/m0/s1. The molecule has 2 aliphatic heterocycles. The Morgan fingerprint density at radius 1 is 1.14 bits per heavy atom. The largest absolute Gasteiger partial charge is 0.370 e. The molecule has 9 heteroatoms. The van der Waals surface area contributed by atoms with Crippen molar-refractivity contribution in [1.29, 1.82) is 0 Å². The Bertz CT molecular complexity index is 1330. The molecule has 0 saturated carbocycles. The van der Waals surface area contributed by atoms with E-state index in [1.807, 2.05) is 38.2 Å². The summed E-state index contributed by atoms with van der Waals surface area (Å²) in [5.74, 6) is -0.820. The molecule has 3 aromatic rings. The van der Waals surface area contributed by atoms with Gasteiger partial charge >= 0.3 is 0 Å². The van der Waals surface area contributed by atoms with Crippen molar-refractivity contribution in [3.05, 3.63) is 81.6 Å². The molecule has 0 unspecified atom stereocenters. The molecule has 186 valence electrons. The molecule has 3 heterocycles. The molecular formula is C27H28ClN5O3. The SMILES string of the molecule is Cc1c(CN2C(=O)c3cccc(N4CCC[C@H](C(=O)NCc5ccc(Cl)cc5)C4)c3C2=O)cnn1C. The van der Waals surface area contributed by atoms with Crippen molar-refractivity contribution in [2.24, 2.45) is 13.0 Å². The molecule has 5 rings (SSSR count). The van der Waals surface area contributed by atoms with Crippen molar-refractivity contribution in [3.63, 3.8) is 0 Å². The van der Waals surface area contributed by atoms with E-state index < -0.39 is 0 Å². The monoisotopic (exact) mass is 505 g/mol. The van der Waals surface area contributed by atoms with Crippen LogP contribution in [-0.2, 0) is 24.9 Å². The van der Waals surface area contributed by atoms with E-state index in [0.29, 0.717) is 34.9 Å². The van der Waals surface area contributed by atoms with E-state index in [1.54, 1.807) is 29.1 Å². The highest BCUT2D eigenvalue weighted by molar-refractivity contribution is 6.30. The molecular weight excluding hydrogens is 478 g/mol. The maximum Gasteiger partial charge on any atom is 0.263 e. The number of rotatable bonds is 6. The Labute approximate surface area is 214 Å². The van der Waals surface area contributed by atoms with E-state index in [4.69, 9.17) is 11.6 Å². The summed E-state index contributed by atoms with van der Waals surface area (Å²) >= 11 is 5.94. The lowest BCUT2D eigenvalue weighted by atomic mass is 9.95. The maximum absolute atomic E-state index is 13.5.